The number of anilines is 2. The summed E-state index contributed by atoms with van der Waals surface area (Å²) in [5, 5.41) is 11.8. The van der Waals surface area contributed by atoms with E-state index in [-0.39, 0.29) is 5.82 Å². The largest absolute Gasteiger partial charge is 0.355 e. The number of benzene rings is 2. The van der Waals surface area contributed by atoms with Crippen LogP contribution in [0.2, 0.25) is 0 Å². The van der Waals surface area contributed by atoms with Gasteiger partial charge in [-0.3, -0.25) is 0 Å². The normalized spacial score (nSPS) is 9.71. The van der Waals surface area contributed by atoms with E-state index >= 15 is 0 Å². The lowest BCUT2D eigenvalue weighted by Gasteiger charge is -2.08. The van der Waals surface area contributed by atoms with Crippen molar-refractivity contribution in [3.8, 4) is 6.07 Å². The van der Waals surface area contributed by atoms with Gasteiger partial charge in [0.2, 0.25) is 0 Å². The van der Waals surface area contributed by atoms with Crippen LogP contribution in [0.5, 0.6) is 0 Å². The number of nitrogens with zero attached hydrogens (tertiary/aromatic N) is 1. The van der Waals surface area contributed by atoms with E-state index in [1.54, 1.807) is 30.3 Å². The fourth-order valence-corrected chi connectivity index (χ4v) is 1.89. The molecule has 0 radical (unpaired) electrons. The Kier molecular flexibility index (Phi) is 3.40. The molecule has 2 aromatic carbocycles. The molecule has 0 amide bonds. The minimum absolute atomic E-state index is 0.292. The molecule has 0 saturated heterocycles. The van der Waals surface area contributed by atoms with E-state index < -0.39 is 0 Å². The van der Waals surface area contributed by atoms with Gasteiger partial charge >= 0.3 is 0 Å². The van der Waals surface area contributed by atoms with Gasteiger partial charge in [0.1, 0.15) is 5.82 Å². The van der Waals surface area contributed by atoms with Crippen LogP contribution in [0.15, 0.2) is 46.9 Å². The van der Waals surface area contributed by atoms with Gasteiger partial charge in [-0.15, -0.1) is 0 Å². The molecule has 2 aromatic rings. The third kappa shape index (κ3) is 2.83. The molecular formula is C13H8BrFN2. The molecule has 0 aliphatic rings. The lowest BCUT2D eigenvalue weighted by molar-refractivity contribution is 0.628. The number of hydrogen-bond donors (Lipinski definition) is 1. The van der Waals surface area contributed by atoms with Gasteiger partial charge in [0.15, 0.2) is 0 Å². The van der Waals surface area contributed by atoms with Gasteiger partial charge in [0.05, 0.1) is 17.3 Å². The summed E-state index contributed by atoms with van der Waals surface area (Å²) in [7, 11) is 0. The third-order valence-corrected chi connectivity index (χ3v) is 2.86. The first kappa shape index (κ1) is 11.6. The third-order valence-electron chi connectivity index (χ3n) is 2.20. The van der Waals surface area contributed by atoms with Crippen molar-refractivity contribution in [2.75, 3.05) is 5.32 Å². The Morgan fingerprint density at radius 2 is 2.00 bits per heavy atom. The van der Waals surface area contributed by atoms with Crippen molar-refractivity contribution in [1.82, 2.24) is 0 Å². The molecule has 0 unspecified atom stereocenters. The topological polar surface area (TPSA) is 35.8 Å². The van der Waals surface area contributed by atoms with Crippen molar-refractivity contribution < 1.29 is 4.39 Å². The van der Waals surface area contributed by atoms with Crippen LogP contribution in [-0.2, 0) is 0 Å². The molecule has 0 heterocycles. The number of hydrogen-bond acceptors (Lipinski definition) is 2. The van der Waals surface area contributed by atoms with Crippen LogP contribution in [0.3, 0.4) is 0 Å². The molecule has 2 rings (SSSR count). The van der Waals surface area contributed by atoms with E-state index in [1.165, 1.54) is 12.1 Å². The maximum Gasteiger partial charge on any atom is 0.125 e. The highest BCUT2D eigenvalue weighted by atomic mass is 79.9. The van der Waals surface area contributed by atoms with Gasteiger partial charge < -0.3 is 5.32 Å². The maximum absolute atomic E-state index is 13.0. The minimum Gasteiger partial charge on any atom is -0.355 e. The summed E-state index contributed by atoms with van der Waals surface area (Å²) in [5.74, 6) is -0.292. The fourth-order valence-electron chi connectivity index (χ4n) is 1.41. The van der Waals surface area contributed by atoms with E-state index in [0.29, 0.717) is 11.3 Å². The summed E-state index contributed by atoms with van der Waals surface area (Å²) in [4.78, 5) is 0. The molecule has 0 spiro atoms. The maximum atomic E-state index is 13.0. The molecule has 0 saturated carbocycles. The van der Waals surface area contributed by atoms with Crippen molar-refractivity contribution in [1.29, 1.82) is 5.26 Å². The van der Waals surface area contributed by atoms with Crippen LogP contribution in [0.25, 0.3) is 0 Å². The molecule has 17 heavy (non-hydrogen) atoms. The highest BCUT2D eigenvalue weighted by Crippen LogP contribution is 2.26. The molecule has 0 aliphatic heterocycles. The summed E-state index contributed by atoms with van der Waals surface area (Å²) < 4.78 is 13.8. The second-order valence-corrected chi connectivity index (χ2v) is 4.30. The summed E-state index contributed by atoms with van der Waals surface area (Å²) in [6.07, 6.45) is 0. The van der Waals surface area contributed by atoms with Crippen molar-refractivity contribution in [3.05, 3.63) is 58.3 Å². The highest BCUT2D eigenvalue weighted by Gasteiger charge is 2.02. The molecule has 2 nitrogen and oxygen atoms in total. The highest BCUT2D eigenvalue weighted by molar-refractivity contribution is 9.10. The van der Waals surface area contributed by atoms with Gasteiger partial charge in [0.25, 0.3) is 0 Å². The van der Waals surface area contributed by atoms with Crippen molar-refractivity contribution in [2.24, 2.45) is 0 Å². The van der Waals surface area contributed by atoms with Crippen LogP contribution in [0.1, 0.15) is 5.56 Å². The molecule has 0 aliphatic carbocycles. The van der Waals surface area contributed by atoms with E-state index in [9.17, 15) is 4.39 Å². The van der Waals surface area contributed by atoms with Crippen LogP contribution in [-0.4, -0.2) is 0 Å². The predicted molar refractivity (Wildman–Crippen MR) is 68.5 cm³/mol. The summed E-state index contributed by atoms with van der Waals surface area (Å²) in [5.41, 5.74) is 2.02. The van der Waals surface area contributed by atoms with Crippen LogP contribution in [0.4, 0.5) is 15.8 Å². The zero-order valence-corrected chi connectivity index (χ0v) is 10.3. The summed E-state index contributed by atoms with van der Waals surface area (Å²) in [6, 6.07) is 13.4. The zero-order valence-electron chi connectivity index (χ0n) is 8.74. The number of halogens is 2. The molecular weight excluding hydrogens is 283 g/mol. The lowest BCUT2D eigenvalue weighted by Crippen LogP contribution is -1.92. The van der Waals surface area contributed by atoms with E-state index in [1.807, 2.05) is 0 Å². The molecule has 0 fully saturated rings. The smallest absolute Gasteiger partial charge is 0.125 e. The average Bonchev–Trinajstić information content (AvgIpc) is 2.32. The second kappa shape index (κ2) is 4.98. The van der Waals surface area contributed by atoms with E-state index in [0.717, 1.165) is 10.2 Å². The minimum atomic E-state index is -0.292. The van der Waals surface area contributed by atoms with Gasteiger partial charge in [0, 0.05) is 10.2 Å². The Hall–Kier alpha value is -1.86. The molecule has 0 aromatic heterocycles. The van der Waals surface area contributed by atoms with Crippen molar-refractivity contribution in [3.63, 3.8) is 0 Å². The first-order chi connectivity index (χ1) is 8.19. The van der Waals surface area contributed by atoms with Crippen molar-refractivity contribution >= 4 is 27.3 Å². The molecule has 4 heteroatoms. The SMILES string of the molecule is N#Cc1ccc(Nc2cccc(F)c2)c(Br)c1. The quantitative estimate of drug-likeness (QED) is 0.900. The Bertz CT molecular complexity index is 590. The van der Waals surface area contributed by atoms with Gasteiger partial charge in [-0.1, -0.05) is 6.07 Å². The number of nitrogens with one attached hydrogen (secondary N) is 1. The monoisotopic (exact) mass is 290 g/mol. The number of rotatable bonds is 2. The predicted octanol–water partition coefficient (Wildman–Crippen LogP) is 4.20. The Morgan fingerprint density at radius 1 is 1.18 bits per heavy atom. The fraction of sp³-hybridized carbons (Fsp3) is 0. The van der Waals surface area contributed by atoms with Gasteiger partial charge in [-0.25, -0.2) is 4.39 Å². The first-order valence-corrected chi connectivity index (χ1v) is 5.70. The molecule has 0 bridgehead atoms. The Labute approximate surface area is 107 Å². The standard InChI is InChI=1S/C13H8BrFN2/c14-12-6-9(8-16)4-5-13(12)17-11-3-1-2-10(15)7-11/h1-7,17H. The zero-order chi connectivity index (χ0) is 12.3. The Balaban J connectivity index is 2.28. The number of nitriles is 1. The van der Waals surface area contributed by atoms with E-state index in [4.69, 9.17) is 5.26 Å². The van der Waals surface area contributed by atoms with Gasteiger partial charge in [-0.2, -0.15) is 5.26 Å². The van der Waals surface area contributed by atoms with Crippen LogP contribution < -0.4 is 5.32 Å². The summed E-state index contributed by atoms with van der Waals surface area (Å²) >= 11 is 3.36. The van der Waals surface area contributed by atoms with E-state index in [2.05, 4.69) is 27.3 Å². The molecule has 0 atom stereocenters. The van der Waals surface area contributed by atoms with Crippen LogP contribution in [0, 0.1) is 17.1 Å². The lowest BCUT2D eigenvalue weighted by atomic mass is 10.2. The van der Waals surface area contributed by atoms with Crippen LogP contribution >= 0.6 is 15.9 Å². The summed E-state index contributed by atoms with van der Waals surface area (Å²) in [6.45, 7) is 0. The van der Waals surface area contributed by atoms with Gasteiger partial charge in [-0.05, 0) is 52.3 Å². The second-order valence-electron chi connectivity index (χ2n) is 3.44. The first-order valence-electron chi connectivity index (χ1n) is 4.91. The molecule has 1 N–H and O–H groups in total. The average molecular weight is 291 g/mol. The Morgan fingerprint density at radius 3 is 2.65 bits per heavy atom. The van der Waals surface area contributed by atoms with Crippen molar-refractivity contribution in [2.45, 2.75) is 0 Å². The molecule has 84 valence electrons.